The Morgan fingerprint density at radius 1 is 1.39 bits per heavy atom. The van der Waals surface area contributed by atoms with Gasteiger partial charge in [-0.3, -0.25) is 4.79 Å². The molecule has 0 aliphatic heterocycles. The fourth-order valence-electron chi connectivity index (χ4n) is 1.76. The Morgan fingerprint density at radius 2 is 2.11 bits per heavy atom. The van der Waals surface area contributed by atoms with E-state index in [0.29, 0.717) is 0 Å². The molecule has 18 heavy (non-hydrogen) atoms. The first kappa shape index (κ1) is 12.2. The lowest BCUT2D eigenvalue weighted by atomic mass is 10.0. The molecule has 0 saturated heterocycles. The zero-order valence-corrected chi connectivity index (χ0v) is 10.3. The number of carbonyl (C=O) groups is 1. The molecule has 0 radical (unpaired) electrons. The number of imidazole rings is 1. The van der Waals surface area contributed by atoms with Gasteiger partial charge >= 0.3 is 0 Å². The fraction of sp³-hybridized carbons (Fsp3) is 0.231. The largest absolute Gasteiger partial charge is 0.497 e. The number of aromatic nitrogens is 2. The molecule has 94 valence electrons. The van der Waals surface area contributed by atoms with Gasteiger partial charge in [0.05, 0.1) is 31.4 Å². The molecule has 5 nitrogen and oxygen atoms in total. The summed E-state index contributed by atoms with van der Waals surface area (Å²) in [6, 6.07) is 7.33. The van der Waals surface area contributed by atoms with Crippen LogP contribution in [0.5, 0.6) is 5.75 Å². The molecule has 1 unspecified atom stereocenters. The number of rotatable bonds is 4. The average Bonchev–Trinajstić information content (AvgIpc) is 2.89. The van der Waals surface area contributed by atoms with Crippen LogP contribution < -0.4 is 10.1 Å². The van der Waals surface area contributed by atoms with Crippen LogP contribution in [0, 0.1) is 0 Å². The van der Waals surface area contributed by atoms with E-state index >= 15 is 0 Å². The highest BCUT2D eigenvalue weighted by Gasteiger charge is 2.16. The van der Waals surface area contributed by atoms with Crippen molar-refractivity contribution >= 4 is 5.91 Å². The molecular weight excluding hydrogens is 230 g/mol. The lowest BCUT2D eigenvalue weighted by Gasteiger charge is -2.17. The van der Waals surface area contributed by atoms with Gasteiger partial charge in [0.25, 0.3) is 0 Å². The van der Waals surface area contributed by atoms with Gasteiger partial charge in [0.15, 0.2) is 0 Å². The second-order valence-electron chi connectivity index (χ2n) is 3.91. The average molecular weight is 245 g/mol. The summed E-state index contributed by atoms with van der Waals surface area (Å²) in [6.07, 6.45) is 3.29. The molecule has 0 aliphatic rings. The van der Waals surface area contributed by atoms with Crippen molar-refractivity contribution in [3.05, 3.63) is 48.0 Å². The van der Waals surface area contributed by atoms with Gasteiger partial charge in [0.1, 0.15) is 5.75 Å². The second-order valence-corrected chi connectivity index (χ2v) is 3.91. The van der Waals surface area contributed by atoms with Crippen LogP contribution in [0.3, 0.4) is 0 Å². The van der Waals surface area contributed by atoms with Crippen LogP contribution >= 0.6 is 0 Å². The van der Waals surface area contributed by atoms with Gasteiger partial charge < -0.3 is 15.0 Å². The number of aromatic amines is 1. The lowest BCUT2D eigenvalue weighted by molar-refractivity contribution is -0.119. The first-order valence-electron chi connectivity index (χ1n) is 5.60. The normalized spacial score (nSPS) is 11.9. The molecule has 1 amide bonds. The van der Waals surface area contributed by atoms with E-state index in [1.165, 1.54) is 6.92 Å². The van der Waals surface area contributed by atoms with Crippen molar-refractivity contribution in [2.45, 2.75) is 13.0 Å². The zero-order chi connectivity index (χ0) is 13.0. The van der Waals surface area contributed by atoms with Gasteiger partial charge in [-0.25, -0.2) is 4.98 Å². The van der Waals surface area contributed by atoms with Gasteiger partial charge in [-0.2, -0.15) is 0 Å². The van der Waals surface area contributed by atoms with E-state index < -0.39 is 0 Å². The molecule has 1 atom stereocenters. The Balaban J connectivity index is 2.30. The summed E-state index contributed by atoms with van der Waals surface area (Å²) in [5.74, 6) is 0.690. The minimum atomic E-state index is -0.226. The van der Waals surface area contributed by atoms with Crippen LogP contribution in [0.1, 0.15) is 24.2 Å². The molecule has 5 heteroatoms. The number of H-pyrrole nitrogens is 1. The first-order valence-corrected chi connectivity index (χ1v) is 5.60. The van der Waals surface area contributed by atoms with Gasteiger partial charge in [-0.15, -0.1) is 0 Å². The van der Waals surface area contributed by atoms with E-state index in [1.54, 1.807) is 19.6 Å². The van der Waals surface area contributed by atoms with E-state index in [1.807, 2.05) is 24.3 Å². The van der Waals surface area contributed by atoms with Gasteiger partial charge in [-0.05, 0) is 17.7 Å². The van der Waals surface area contributed by atoms with E-state index in [-0.39, 0.29) is 11.9 Å². The van der Waals surface area contributed by atoms with Crippen LogP contribution in [-0.4, -0.2) is 23.0 Å². The van der Waals surface area contributed by atoms with Crippen molar-refractivity contribution in [3.63, 3.8) is 0 Å². The van der Waals surface area contributed by atoms with Crippen molar-refractivity contribution in [1.29, 1.82) is 0 Å². The number of nitrogens with one attached hydrogen (secondary N) is 2. The third-order valence-electron chi connectivity index (χ3n) is 2.63. The second kappa shape index (κ2) is 5.35. The fourth-order valence-corrected chi connectivity index (χ4v) is 1.76. The maximum absolute atomic E-state index is 11.3. The van der Waals surface area contributed by atoms with E-state index in [4.69, 9.17) is 4.74 Å². The summed E-state index contributed by atoms with van der Waals surface area (Å²) in [4.78, 5) is 18.3. The van der Waals surface area contributed by atoms with Crippen LogP contribution in [0.15, 0.2) is 36.8 Å². The number of amides is 1. The summed E-state index contributed by atoms with van der Waals surface area (Å²) in [5.41, 5.74) is 1.81. The van der Waals surface area contributed by atoms with Crippen molar-refractivity contribution in [2.75, 3.05) is 7.11 Å². The minimum absolute atomic E-state index is 0.0922. The van der Waals surface area contributed by atoms with Gasteiger partial charge in [-0.1, -0.05) is 12.1 Å². The standard InChI is InChI=1S/C13H15N3O2/c1-9(17)16-13(12-7-14-8-15-12)10-3-5-11(18-2)6-4-10/h3-8,13H,1-2H3,(H,14,15)(H,16,17). The lowest BCUT2D eigenvalue weighted by Crippen LogP contribution is -2.27. The Kier molecular flexibility index (Phi) is 3.62. The summed E-state index contributed by atoms with van der Waals surface area (Å²) >= 11 is 0. The molecule has 2 N–H and O–H groups in total. The third-order valence-corrected chi connectivity index (χ3v) is 2.63. The molecule has 1 aromatic carbocycles. The number of hydrogen-bond donors (Lipinski definition) is 2. The number of carbonyl (C=O) groups excluding carboxylic acids is 1. The third kappa shape index (κ3) is 2.68. The minimum Gasteiger partial charge on any atom is -0.497 e. The SMILES string of the molecule is COc1ccc(C(NC(C)=O)c2cnc[nH]2)cc1. The van der Waals surface area contributed by atoms with Crippen molar-refractivity contribution < 1.29 is 9.53 Å². The molecule has 2 rings (SSSR count). The van der Waals surface area contributed by atoms with Crippen LogP contribution in [0.2, 0.25) is 0 Å². The molecule has 0 aliphatic carbocycles. The molecular formula is C13H15N3O2. The number of hydrogen-bond acceptors (Lipinski definition) is 3. The van der Waals surface area contributed by atoms with Crippen LogP contribution in [-0.2, 0) is 4.79 Å². The van der Waals surface area contributed by atoms with Gasteiger partial charge in [0.2, 0.25) is 5.91 Å². The van der Waals surface area contributed by atoms with Gasteiger partial charge in [0, 0.05) is 6.92 Å². The molecule has 1 heterocycles. The summed E-state index contributed by atoms with van der Waals surface area (Å²) in [7, 11) is 1.62. The molecule has 0 saturated carbocycles. The van der Waals surface area contributed by atoms with E-state index in [2.05, 4.69) is 15.3 Å². The highest BCUT2D eigenvalue weighted by atomic mass is 16.5. The molecule has 0 fully saturated rings. The van der Waals surface area contributed by atoms with Crippen molar-refractivity contribution in [1.82, 2.24) is 15.3 Å². The number of ether oxygens (including phenoxy) is 1. The number of methoxy groups -OCH3 is 1. The first-order chi connectivity index (χ1) is 8.70. The summed E-state index contributed by atoms with van der Waals surface area (Å²) in [6.45, 7) is 1.49. The Morgan fingerprint density at radius 3 is 2.61 bits per heavy atom. The molecule has 2 aromatic rings. The monoisotopic (exact) mass is 245 g/mol. The number of benzene rings is 1. The van der Waals surface area contributed by atoms with Crippen molar-refractivity contribution in [3.8, 4) is 5.75 Å². The Hall–Kier alpha value is -2.30. The Labute approximate surface area is 105 Å². The molecule has 0 spiro atoms. The topological polar surface area (TPSA) is 67.0 Å². The summed E-state index contributed by atoms with van der Waals surface area (Å²) in [5, 5.41) is 2.89. The summed E-state index contributed by atoms with van der Waals surface area (Å²) < 4.78 is 5.11. The van der Waals surface area contributed by atoms with Crippen LogP contribution in [0.4, 0.5) is 0 Å². The highest BCUT2D eigenvalue weighted by Crippen LogP contribution is 2.22. The predicted octanol–water partition coefficient (Wildman–Crippen LogP) is 1.64. The number of nitrogens with zero attached hydrogens (tertiary/aromatic N) is 1. The van der Waals surface area contributed by atoms with E-state index in [9.17, 15) is 4.79 Å². The zero-order valence-electron chi connectivity index (χ0n) is 10.3. The maximum atomic E-state index is 11.3. The van der Waals surface area contributed by atoms with Crippen molar-refractivity contribution in [2.24, 2.45) is 0 Å². The molecule has 1 aromatic heterocycles. The smallest absolute Gasteiger partial charge is 0.217 e. The Bertz CT molecular complexity index is 506. The van der Waals surface area contributed by atoms with E-state index in [0.717, 1.165) is 17.0 Å². The predicted molar refractivity (Wildman–Crippen MR) is 67.2 cm³/mol. The van der Waals surface area contributed by atoms with Crippen LogP contribution in [0.25, 0.3) is 0 Å². The molecule has 0 bridgehead atoms. The quantitative estimate of drug-likeness (QED) is 0.860. The maximum Gasteiger partial charge on any atom is 0.217 e. The highest BCUT2D eigenvalue weighted by molar-refractivity contribution is 5.74.